The molecule has 0 saturated carbocycles. The van der Waals surface area contributed by atoms with E-state index in [0.717, 1.165) is 5.52 Å². The lowest BCUT2D eigenvalue weighted by atomic mass is 9.98. The highest BCUT2D eigenvalue weighted by Crippen LogP contribution is 2.26. The van der Waals surface area contributed by atoms with Crippen LogP contribution in [0.4, 0.5) is 4.39 Å². The van der Waals surface area contributed by atoms with Crippen molar-refractivity contribution in [2.75, 3.05) is 13.2 Å². The molecule has 2 amide bonds. The van der Waals surface area contributed by atoms with E-state index in [1.165, 1.54) is 24.3 Å². The average Bonchev–Trinajstić information content (AvgIpc) is 3.22. The smallest absolute Gasteiger partial charge is 0.269 e. The number of amides is 2. The molecule has 1 saturated heterocycles. The first-order valence-electron chi connectivity index (χ1n) is 9.19. The summed E-state index contributed by atoms with van der Waals surface area (Å²) in [7, 11) is 0. The molecule has 2 aromatic heterocycles. The summed E-state index contributed by atoms with van der Waals surface area (Å²) < 4.78 is 20.5. The van der Waals surface area contributed by atoms with Gasteiger partial charge in [-0.05, 0) is 61.4 Å². The maximum atomic E-state index is 13.1. The molecule has 0 aliphatic carbocycles. The molecule has 3 N–H and O–H groups in total. The van der Waals surface area contributed by atoms with Crippen LogP contribution in [0.3, 0.4) is 0 Å². The molecule has 8 heteroatoms. The van der Waals surface area contributed by atoms with Crippen molar-refractivity contribution in [2.24, 2.45) is 0 Å². The van der Waals surface area contributed by atoms with Gasteiger partial charge in [0.05, 0.1) is 12.8 Å². The Labute approximate surface area is 166 Å². The standard InChI is InChI=1S/C21H20FN3O4/c1-13-10-15-4-7-17(29-16-5-2-14(22)3-6-16)11-25(15)18(13)19(27)24-21(12-26)8-9-23-20(21)28/h2-7,10-11,26H,8-9,12H2,1H3,(H,23,28)(H,24,27). The summed E-state index contributed by atoms with van der Waals surface area (Å²) in [5.74, 6) is -0.298. The Morgan fingerprint density at radius 3 is 2.66 bits per heavy atom. The molecule has 0 spiro atoms. The van der Waals surface area contributed by atoms with Crippen molar-refractivity contribution in [3.8, 4) is 11.5 Å². The molecular weight excluding hydrogens is 377 g/mol. The largest absolute Gasteiger partial charge is 0.456 e. The number of carbonyl (C=O) groups excluding carboxylic acids is 2. The number of benzene rings is 1. The molecule has 0 radical (unpaired) electrons. The molecule has 3 aromatic rings. The third kappa shape index (κ3) is 3.42. The van der Waals surface area contributed by atoms with Gasteiger partial charge in [0.1, 0.15) is 28.5 Å². The van der Waals surface area contributed by atoms with E-state index in [1.807, 2.05) is 6.07 Å². The average molecular weight is 397 g/mol. The predicted octanol–water partition coefficient (Wildman–Crippen LogP) is 2.16. The van der Waals surface area contributed by atoms with Crippen molar-refractivity contribution in [1.82, 2.24) is 15.0 Å². The van der Waals surface area contributed by atoms with Crippen LogP contribution in [0.15, 0.2) is 48.7 Å². The van der Waals surface area contributed by atoms with E-state index >= 15 is 0 Å². The van der Waals surface area contributed by atoms with Gasteiger partial charge in [-0.1, -0.05) is 0 Å². The number of aliphatic hydroxyl groups is 1. The quantitative estimate of drug-likeness (QED) is 0.615. The van der Waals surface area contributed by atoms with Crippen LogP contribution in [0.2, 0.25) is 0 Å². The Balaban J connectivity index is 1.66. The molecule has 0 bridgehead atoms. The van der Waals surface area contributed by atoms with E-state index in [4.69, 9.17) is 4.74 Å². The Hall–Kier alpha value is -3.39. The molecule has 1 aromatic carbocycles. The molecule has 3 heterocycles. The maximum absolute atomic E-state index is 13.1. The fourth-order valence-corrected chi connectivity index (χ4v) is 3.53. The number of aromatic nitrogens is 1. The number of aliphatic hydroxyl groups excluding tert-OH is 1. The maximum Gasteiger partial charge on any atom is 0.269 e. The molecule has 1 unspecified atom stereocenters. The van der Waals surface area contributed by atoms with Gasteiger partial charge in [-0.25, -0.2) is 4.39 Å². The second kappa shape index (κ2) is 7.21. The number of fused-ring (bicyclic) bond motifs is 1. The summed E-state index contributed by atoms with van der Waals surface area (Å²) in [6.45, 7) is 1.71. The zero-order valence-corrected chi connectivity index (χ0v) is 15.7. The molecule has 150 valence electrons. The van der Waals surface area contributed by atoms with Gasteiger partial charge in [-0.2, -0.15) is 0 Å². The van der Waals surface area contributed by atoms with Gasteiger partial charge in [0, 0.05) is 12.1 Å². The number of rotatable bonds is 5. The summed E-state index contributed by atoms with van der Waals surface area (Å²) in [5.41, 5.74) is 0.508. The highest BCUT2D eigenvalue weighted by molar-refractivity contribution is 6.01. The van der Waals surface area contributed by atoms with Crippen LogP contribution >= 0.6 is 0 Å². The summed E-state index contributed by atoms with van der Waals surface area (Å²) in [6.07, 6.45) is 1.97. The van der Waals surface area contributed by atoms with Crippen LogP contribution in [0.5, 0.6) is 11.5 Å². The van der Waals surface area contributed by atoms with Crippen LogP contribution in [-0.2, 0) is 4.79 Å². The van der Waals surface area contributed by atoms with Gasteiger partial charge in [-0.3, -0.25) is 9.59 Å². The van der Waals surface area contributed by atoms with Gasteiger partial charge in [0.15, 0.2) is 0 Å². The van der Waals surface area contributed by atoms with Gasteiger partial charge < -0.3 is 24.9 Å². The minimum absolute atomic E-state index is 0.315. The molecule has 4 rings (SSSR count). The highest BCUT2D eigenvalue weighted by Gasteiger charge is 2.43. The van der Waals surface area contributed by atoms with Crippen molar-refractivity contribution in [3.05, 3.63) is 65.7 Å². The SMILES string of the molecule is Cc1cc2ccc(Oc3ccc(F)cc3)cn2c1C(=O)NC1(CO)CCNC1=O. The third-order valence-electron chi connectivity index (χ3n) is 5.09. The van der Waals surface area contributed by atoms with E-state index in [-0.39, 0.29) is 5.82 Å². The van der Waals surface area contributed by atoms with Crippen molar-refractivity contribution < 1.29 is 23.8 Å². The number of nitrogens with one attached hydrogen (secondary N) is 2. The zero-order chi connectivity index (χ0) is 20.6. The van der Waals surface area contributed by atoms with Gasteiger partial charge in [0.25, 0.3) is 5.91 Å². The lowest BCUT2D eigenvalue weighted by Crippen LogP contribution is -2.56. The van der Waals surface area contributed by atoms with E-state index in [2.05, 4.69) is 10.6 Å². The first kappa shape index (κ1) is 18.9. The Kier molecular flexibility index (Phi) is 4.71. The topological polar surface area (TPSA) is 92.1 Å². The van der Waals surface area contributed by atoms with E-state index in [0.29, 0.717) is 35.7 Å². The first-order chi connectivity index (χ1) is 13.9. The number of ether oxygens (including phenoxy) is 1. The summed E-state index contributed by atoms with van der Waals surface area (Å²) >= 11 is 0. The van der Waals surface area contributed by atoms with Crippen LogP contribution in [0.1, 0.15) is 22.5 Å². The number of aryl methyl sites for hydroxylation is 1. The third-order valence-corrected chi connectivity index (χ3v) is 5.09. The van der Waals surface area contributed by atoms with Gasteiger partial charge >= 0.3 is 0 Å². The second-order valence-corrected chi connectivity index (χ2v) is 7.09. The molecule has 1 fully saturated rings. The van der Waals surface area contributed by atoms with Crippen LogP contribution in [0, 0.1) is 12.7 Å². The number of hydrogen-bond donors (Lipinski definition) is 3. The summed E-state index contributed by atoms with van der Waals surface area (Å²) in [5, 5.41) is 15.0. The monoisotopic (exact) mass is 397 g/mol. The molecular formula is C21H20FN3O4. The normalized spacial score (nSPS) is 18.7. The fourth-order valence-electron chi connectivity index (χ4n) is 3.53. The van der Waals surface area contributed by atoms with Crippen LogP contribution in [0.25, 0.3) is 5.52 Å². The summed E-state index contributed by atoms with van der Waals surface area (Å²) in [4.78, 5) is 25.1. The second-order valence-electron chi connectivity index (χ2n) is 7.09. The van der Waals surface area contributed by atoms with Crippen molar-refractivity contribution >= 4 is 17.3 Å². The van der Waals surface area contributed by atoms with Gasteiger partial charge in [-0.15, -0.1) is 0 Å². The Morgan fingerprint density at radius 1 is 1.28 bits per heavy atom. The zero-order valence-electron chi connectivity index (χ0n) is 15.7. The van der Waals surface area contributed by atoms with Crippen LogP contribution in [-0.4, -0.2) is 40.0 Å². The van der Waals surface area contributed by atoms with Crippen LogP contribution < -0.4 is 15.4 Å². The van der Waals surface area contributed by atoms with E-state index in [1.54, 1.807) is 29.7 Å². The number of nitrogens with zero attached hydrogens (tertiary/aromatic N) is 1. The minimum atomic E-state index is -1.32. The number of carbonyl (C=O) groups is 2. The fraction of sp³-hybridized carbons (Fsp3) is 0.238. The van der Waals surface area contributed by atoms with Gasteiger partial charge in [0.2, 0.25) is 5.91 Å². The molecule has 1 aliphatic rings. The number of hydrogen-bond acceptors (Lipinski definition) is 4. The lowest BCUT2D eigenvalue weighted by molar-refractivity contribution is -0.125. The van der Waals surface area contributed by atoms with Crippen molar-refractivity contribution in [1.29, 1.82) is 0 Å². The Bertz CT molecular complexity index is 1090. The van der Waals surface area contributed by atoms with E-state index < -0.39 is 24.0 Å². The molecule has 7 nitrogen and oxygen atoms in total. The lowest BCUT2D eigenvalue weighted by Gasteiger charge is -2.25. The van der Waals surface area contributed by atoms with E-state index in [9.17, 15) is 19.1 Å². The predicted molar refractivity (Wildman–Crippen MR) is 104 cm³/mol. The highest BCUT2D eigenvalue weighted by atomic mass is 19.1. The summed E-state index contributed by atoms with van der Waals surface area (Å²) in [6, 6.07) is 11.0. The molecule has 1 aliphatic heterocycles. The first-order valence-corrected chi connectivity index (χ1v) is 9.19. The molecule has 29 heavy (non-hydrogen) atoms. The van der Waals surface area contributed by atoms with Crippen molar-refractivity contribution in [2.45, 2.75) is 18.9 Å². The van der Waals surface area contributed by atoms with Crippen molar-refractivity contribution in [3.63, 3.8) is 0 Å². The minimum Gasteiger partial charge on any atom is -0.456 e. The number of pyridine rings is 1. The Morgan fingerprint density at radius 2 is 2.00 bits per heavy atom. The molecule has 1 atom stereocenters. The number of halogens is 1.